The Morgan fingerprint density at radius 2 is 1.71 bits per heavy atom. The van der Waals surface area contributed by atoms with Crippen LogP contribution in [0.2, 0.25) is 0 Å². The van der Waals surface area contributed by atoms with E-state index in [0.717, 1.165) is 11.1 Å². The number of esters is 1. The first kappa shape index (κ1) is 14.9. The lowest BCUT2D eigenvalue weighted by molar-refractivity contribution is 0.0717. The van der Waals surface area contributed by atoms with Crippen molar-refractivity contribution < 1.29 is 14.3 Å². The summed E-state index contributed by atoms with van der Waals surface area (Å²) in [6.45, 7) is 4.00. The summed E-state index contributed by atoms with van der Waals surface area (Å²) in [6, 6.07) is 15.1. The summed E-state index contributed by atoms with van der Waals surface area (Å²) in [4.78, 5) is 11.8. The van der Waals surface area contributed by atoms with Crippen LogP contribution in [0, 0.1) is 0 Å². The number of cyclic esters (lactones) is 1. The molecule has 0 radical (unpaired) electrons. The van der Waals surface area contributed by atoms with Crippen molar-refractivity contribution in [2.24, 2.45) is 0 Å². The van der Waals surface area contributed by atoms with Gasteiger partial charge in [0.2, 0.25) is 0 Å². The lowest BCUT2D eigenvalue weighted by Gasteiger charge is -2.05. The van der Waals surface area contributed by atoms with E-state index in [0.29, 0.717) is 17.1 Å². The zero-order chi connectivity index (χ0) is 15.2. The molecule has 0 atom stereocenters. The van der Waals surface area contributed by atoms with Crippen molar-refractivity contribution in [2.45, 2.75) is 13.8 Å². The highest BCUT2D eigenvalue weighted by atomic mass is 16.5. The second-order valence-corrected chi connectivity index (χ2v) is 4.19. The molecule has 21 heavy (non-hydrogen) atoms. The Hall–Kier alpha value is -2.55. The van der Waals surface area contributed by atoms with Crippen LogP contribution in [0.3, 0.4) is 0 Å². The van der Waals surface area contributed by atoms with Gasteiger partial charge in [0.1, 0.15) is 11.5 Å². The van der Waals surface area contributed by atoms with E-state index in [4.69, 9.17) is 9.47 Å². The third-order valence-electron chi connectivity index (χ3n) is 3.01. The van der Waals surface area contributed by atoms with Crippen molar-refractivity contribution in [3.05, 3.63) is 65.2 Å². The van der Waals surface area contributed by atoms with E-state index < -0.39 is 0 Å². The van der Waals surface area contributed by atoms with Crippen LogP contribution in [0.5, 0.6) is 5.75 Å². The van der Waals surface area contributed by atoms with E-state index >= 15 is 0 Å². The molecule has 1 aliphatic rings. The summed E-state index contributed by atoms with van der Waals surface area (Å²) in [6.07, 6.45) is 1.84. The molecule has 2 aromatic rings. The zero-order valence-electron chi connectivity index (χ0n) is 12.4. The molecule has 108 valence electrons. The predicted molar refractivity (Wildman–Crippen MR) is 84.1 cm³/mol. The lowest BCUT2D eigenvalue weighted by atomic mass is 10.1. The van der Waals surface area contributed by atoms with Crippen LogP contribution in [0.4, 0.5) is 0 Å². The molecule has 0 spiro atoms. The highest BCUT2D eigenvalue weighted by Crippen LogP contribution is 2.37. The Kier molecular flexibility index (Phi) is 4.77. The summed E-state index contributed by atoms with van der Waals surface area (Å²) in [5.41, 5.74) is 2.24. The van der Waals surface area contributed by atoms with E-state index in [-0.39, 0.29) is 5.97 Å². The second kappa shape index (κ2) is 6.75. The number of methoxy groups -OCH3 is 1. The minimum Gasteiger partial charge on any atom is -0.496 e. The predicted octanol–water partition coefficient (Wildman–Crippen LogP) is 4.39. The Morgan fingerprint density at radius 3 is 2.38 bits per heavy atom. The van der Waals surface area contributed by atoms with Crippen molar-refractivity contribution in [3.8, 4) is 5.75 Å². The van der Waals surface area contributed by atoms with Gasteiger partial charge in [-0.2, -0.15) is 0 Å². The minimum atomic E-state index is -0.337. The maximum Gasteiger partial charge on any atom is 0.344 e. The van der Waals surface area contributed by atoms with E-state index in [9.17, 15) is 4.79 Å². The number of fused-ring (bicyclic) bond motifs is 1. The highest BCUT2D eigenvalue weighted by molar-refractivity contribution is 6.07. The van der Waals surface area contributed by atoms with Gasteiger partial charge >= 0.3 is 5.97 Å². The molecule has 0 aliphatic carbocycles. The van der Waals surface area contributed by atoms with Gasteiger partial charge in [0, 0.05) is 0 Å². The summed E-state index contributed by atoms with van der Waals surface area (Å²) < 4.78 is 10.6. The third-order valence-corrected chi connectivity index (χ3v) is 3.01. The maximum absolute atomic E-state index is 11.8. The van der Waals surface area contributed by atoms with Crippen LogP contribution < -0.4 is 4.74 Å². The lowest BCUT2D eigenvalue weighted by Crippen LogP contribution is -1.93. The van der Waals surface area contributed by atoms with Crippen LogP contribution in [-0.4, -0.2) is 13.1 Å². The molecular formula is C18H18O3. The molecule has 3 heteroatoms. The first-order chi connectivity index (χ1) is 10.3. The van der Waals surface area contributed by atoms with Crippen molar-refractivity contribution in [3.63, 3.8) is 0 Å². The van der Waals surface area contributed by atoms with Crippen LogP contribution in [0.15, 0.2) is 48.5 Å². The number of ether oxygens (including phenoxy) is 2. The molecular weight excluding hydrogens is 264 g/mol. The molecule has 0 unspecified atom stereocenters. The average Bonchev–Trinajstić information content (AvgIpc) is 2.87. The molecule has 1 aliphatic heterocycles. The van der Waals surface area contributed by atoms with Crippen molar-refractivity contribution in [1.29, 1.82) is 0 Å². The normalized spacial score (nSPS) is 14.0. The topological polar surface area (TPSA) is 35.5 Å². The van der Waals surface area contributed by atoms with Gasteiger partial charge in [-0.25, -0.2) is 4.79 Å². The van der Waals surface area contributed by atoms with Gasteiger partial charge in [0.25, 0.3) is 0 Å². The van der Waals surface area contributed by atoms with Gasteiger partial charge in [0.15, 0.2) is 0 Å². The number of carbonyl (C=O) groups is 1. The maximum atomic E-state index is 11.8. The van der Waals surface area contributed by atoms with Gasteiger partial charge in [-0.1, -0.05) is 50.2 Å². The zero-order valence-corrected chi connectivity index (χ0v) is 12.4. The van der Waals surface area contributed by atoms with Crippen molar-refractivity contribution in [1.82, 2.24) is 0 Å². The van der Waals surface area contributed by atoms with E-state index in [1.54, 1.807) is 19.2 Å². The van der Waals surface area contributed by atoms with Gasteiger partial charge in [0.05, 0.1) is 18.2 Å². The largest absolute Gasteiger partial charge is 0.496 e. The van der Waals surface area contributed by atoms with Crippen molar-refractivity contribution in [2.75, 3.05) is 7.11 Å². The Balaban J connectivity index is 0.000000774. The van der Waals surface area contributed by atoms with Crippen LogP contribution in [0.1, 0.15) is 35.3 Å². The monoisotopic (exact) mass is 282 g/mol. The summed E-state index contributed by atoms with van der Waals surface area (Å²) in [5.74, 6) is 0.838. The van der Waals surface area contributed by atoms with E-state index in [2.05, 4.69) is 0 Å². The first-order valence-corrected chi connectivity index (χ1v) is 6.96. The van der Waals surface area contributed by atoms with Crippen LogP contribution in [-0.2, 0) is 4.74 Å². The molecule has 0 fully saturated rings. The van der Waals surface area contributed by atoms with Gasteiger partial charge < -0.3 is 9.47 Å². The van der Waals surface area contributed by atoms with E-state index in [1.165, 1.54) is 0 Å². The second-order valence-electron chi connectivity index (χ2n) is 4.19. The third kappa shape index (κ3) is 2.97. The van der Waals surface area contributed by atoms with E-state index in [1.807, 2.05) is 56.3 Å². The molecule has 0 bridgehead atoms. The molecule has 0 aromatic heterocycles. The van der Waals surface area contributed by atoms with Gasteiger partial charge in [-0.15, -0.1) is 0 Å². The number of rotatable bonds is 2. The molecule has 0 saturated carbocycles. The molecule has 3 nitrogen and oxygen atoms in total. The molecule has 0 amide bonds. The van der Waals surface area contributed by atoms with Gasteiger partial charge in [-0.05, 0) is 23.8 Å². The Morgan fingerprint density at radius 1 is 1.00 bits per heavy atom. The first-order valence-electron chi connectivity index (χ1n) is 6.96. The fourth-order valence-electron chi connectivity index (χ4n) is 2.13. The average molecular weight is 282 g/mol. The van der Waals surface area contributed by atoms with Crippen LogP contribution >= 0.6 is 0 Å². The molecule has 0 N–H and O–H groups in total. The number of hydrogen-bond donors (Lipinski definition) is 0. The quantitative estimate of drug-likeness (QED) is 0.766. The Labute approximate surface area is 124 Å². The van der Waals surface area contributed by atoms with Crippen molar-refractivity contribution >= 4 is 17.8 Å². The summed E-state index contributed by atoms with van der Waals surface area (Å²) in [7, 11) is 1.58. The fraction of sp³-hybridized carbons (Fsp3) is 0.167. The number of benzene rings is 2. The molecule has 0 saturated heterocycles. The fourth-order valence-corrected chi connectivity index (χ4v) is 2.13. The SMILES string of the molecule is CC.COc1cccc2c1/C(=C/c1ccccc1)OC2=O. The van der Waals surface area contributed by atoms with Crippen LogP contribution in [0.25, 0.3) is 11.8 Å². The molecule has 2 aromatic carbocycles. The smallest absolute Gasteiger partial charge is 0.344 e. The summed E-state index contributed by atoms with van der Waals surface area (Å²) >= 11 is 0. The summed E-state index contributed by atoms with van der Waals surface area (Å²) in [5, 5.41) is 0. The molecule has 1 heterocycles. The number of carbonyl (C=O) groups excluding carboxylic acids is 1. The standard InChI is InChI=1S/C16H12O3.C2H6/c1-18-13-9-5-8-12-15(13)14(19-16(12)17)10-11-6-3-2-4-7-11;1-2/h2-10H,1H3;1-2H3/b14-10-;. The molecule has 3 rings (SSSR count). The van der Waals surface area contributed by atoms with Gasteiger partial charge in [-0.3, -0.25) is 0 Å². The highest BCUT2D eigenvalue weighted by Gasteiger charge is 2.29. The minimum absolute atomic E-state index is 0.337. The Bertz CT molecular complexity index is 657. The number of hydrogen-bond acceptors (Lipinski definition) is 3.